The van der Waals surface area contributed by atoms with Crippen molar-refractivity contribution in [3.8, 4) is 0 Å². The van der Waals surface area contributed by atoms with Crippen LogP contribution in [0.5, 0.6) is 0 Å². The summed E-state index contributed by atoms with van der Waals surface area (Å²) in [6.07, 6.45) is 11.3. The highest BCUT2D eigenvalue weighted by molar-refractivity contribution is 5.16. The van der Waals surface area contributed by atoms with Crippen molar-refractivity contribution in [1.29, 1.82) is 0 Å². The average Bonchev–Trinajstić information content (AvgIpc) is 3.29. The van der Waals surface area contributed by atoms with Gasteiger partial charge in [-0.1, -0.05) is 36.8 Å². The average molecular weight is 391 g/mol. The second-order valence-corrected chi connectivity index (χ2v) is 8.49. The number of aromatic nitrogens is 5. The van der Waals surface area contributed by atoms with Crippen molar-refractivity contribution in [1.82, 2.24) is 29.2 Å². The van der Waals surface area contributed by atoms with Crippen LogP contribution in [-0.2, 0) is 26.1 Å². The molecule has 5 rings (SSSR count). The van der Waals surface area contributed by atoms with Crippen LogP contribution < -0.4 is 0 Å². The molecule has 2 aromatic heterocycles. The van der Waals surface area contributed by atoms with E-state index in [4.69, 9.17) is 0 Å². The third-order valence-electron chi connectivity index (χ3n) is 6.47. The van der Waals surface area contributed by atoms with Crippen LogP contribution in [0, 0.1) is 0 Å². The Hall–Kier alpha value is -2.47. The molecule has 2 aliphatic heterocycles. The van der Waals surface area contributed by atoms with Crippen molar-refractivity contribution >= 4 is 0 Å². The van der Waals surface area contributed by atoms with E-state index in [1.54, 1.807) is 0 Å². The molecule has 29 heavy (non-hydrogen) atoms. The van der Waals surface area contributed by atoms with Gasteiger partial charge >= 0.3 is 0 Å². The Balaban J connectivity index is 1.20. The summed E-state index contributed by atoms with van der Waals surface area (Å²) < 4.78 is 4.71. The summed E-state index contributed by atoms with van der Waals surface area (Å²) in [5, 5.41) is 9.12. The van der Waals surface area contributed by atoms with E-state index in [1.165, 1.54) is 55.0 Å². The van der Waals surface area contributed by atoms with Crippen molar-refractivity contribution in [2.24, 2.45) is 0 Å². The van der Waals surface area contributed by atoms with Gasteiger partial charge in [-0.2, -0.15) is 0 Å². The summed E-state index contributed by atoms with van der Waals surface area (Å²) in [6.45, 7) is 5.19. The van der Waals surface area contributed by atoms with E-state index in [-0.39, 0.29) is 0 Å². The van der Waals surface area contributed by atoms with Crippen molar-refractivity contribution < 1.29 is 0 Å². The van der Waals surface area contributed by atoms with E-state index in [2.05, 4.69) is 59.5 Å². The van der Waals surface area contributed by atoms with E-state index in [0.29, 0.717) is 5.92 Å². The lowest BCUT2D eigenvalue weighted by Gasteiger charge is -2.31. The number of benzene rings is 1. The number of imidazole rings is 1. The standard InChI is InChI=1S/C23H30N6/c1-3-7-19(8-4-1)16-28-18-24-15-21(28)17-27-13-10-20(11-14-27)23-26-25-22-9-5-2-6-12-29(22)23/h1,3-4,7-8,15,18,20H,2,5-6,9-14,16-17H2. The number of hydrogen-bond donors (Lipinski definition) is 0. The number of hydrogen-bond acceptors (Lipinski definition) is 4. The van der Waals surface area contributed by atoms with E-state index >= 15 is 0 Å². The molecule has 1 fully saturated rings. The summed E-state index contributed by atoms with van der Waals surface area (Å²) in [5.74, 6) is 3.01. The molecule has 1 aromatic carbocycles. The molecule has 6 nitrogen and oxygen atoms in total. The summed E-state index contributed by atoms with van der Waals surface area (Å²) in [6, 6.07) is 10.6. The molecule has 0 spiro atoms. The van der Waals surface area contributed by atoms with Gasteiger partial charge in [0.1, 0.15) is 11.6 Å². The lowest BCUT2D eigenvalue weighted by atomic mass is 9.95. The largest absolute Gasteiger partial charge is 0.329 e. The SMILES string of the molecule is c1ccc(Cn2cncc2CN2CCC(c3nnc4n3CCCCC4)CC2)cc1. The van der Waals surface area contributed by atoms with Gasteiger partial charge in [0, 0.05) is 38.2 Å². The molecule has 2 aliphatic rings. The van der Waals surface area contributed by atoms with E-state index in [1.807, 2.05) is 12.5 Å². The molecule has 0 unspecified atom stereocenters. The van der Waals surface area contributed by atoms with Gasteiger partial charge in [0.05, 0.1) is 12.0 Å². The minimum Gasteiger partial charge on any atom is -0.329 e. The molecule has 0 N–H and O–H groups in total. The number of likely N-dealkylation sites (tertiary alicyclic amines) is 1. The number of piperidine rings is 1. The Labute approximate surface area is 172 Å². The Morgan fingerprint density at radius 3 is 2.62 bits per heavy atom. The predicted molar refractivity (Wildman–Crippen MR) is 113 cm³/mol. The zero-order chi connectivity index (χ0) is 19.5. The maximum Gasteiger partial charge on any atom is 0.136 e. The Bertz CT molecular complexity index is 920. The van der Waals surface area contributed by atoms with Crippen LogP contribution in [0.3, 0.4) is 0 Å². The summed E-state index contributed by atoms with van der Waals surface area (Å²) >= 11 is 0. The zero-order valence-corrected chi connectivity index (χ0v) is 17.1. The molecule has 0 atom stereocenters. The van der Waals surface area contributed by atoms with Crippen LogP contribution in [0.25, 0.3) is 0 Å². The molecule has 0 bridgehead atoms. The first kappa shape index (κ1) is 18.6. The summed E-state index contributed by atoms with van der Waals surface area (Å²) in [7, 11) is 0. The highest BCUT2D eigenvalue weighted by Crippen LogP contribution is 2.29. The molecule has 0 saturated carbocycles. The lowest BCUT2D eigenvalue weighted by molar-refractivity contribution is 0.196. The highest BCUT2D eigenvalue weighted by Gasteiger charge is 2.27. The van der Waals surface area contributed by atoms with Crippen LogP contribution >= 0.6 is 0 Å². The van der Waals surface area contributed by atoms with E-state index in [9.17, 15) is 0 Å². The fourth-order valence-electron chi connectivity index (χ4n) is 4.79. The maximum absolute atomic E-state index is 4.61. The topological polar surface area (TPSA) is 51.8 Å². The maximum atomic E-state index is 4.61. The van der Waals surface area contributed by atoms with Gasteiger partial charge < -0.3 is 9.13 Å². The molecule has 0 amide bonds. The first-order valence-corrected chi connectivity index (χ1v) is 11.0. The molecule has 4 heterocycles. The fraction of sp³-hybridized carbons (Fsp3) is 0.522. The van der Waals surface area contributed by atoms with Gasteiger partial charge in [-0.15, -0.1) is 10.2 Å². The van der Waals surface area contributed by atoms with Gasteiger partial charge in [0.25, 0.3) is 0 Å². The highest BCUT2D eigenvalue weighted by atomic mass is 15.3. The smallest absolute Gasteiger partial charge is 0.136 e. The van der Waals surface area contributed by atoms with Crippen LogP contribution in [0.1, 0.15) is 60.9 Å². The Kier molecular flexibility index (Phi) is 5.43. The monoisotopic (exact) mass is 390 g/mol. The first-order chi connectivity index (χ1) is 14.4. The van der Waals surface area contributed by atoms with Crippen LogP contribution in [-0.4, -0.2) is 42.3 Å². The van der Waals surface area contributed by atoms with Gasteiger partial charge in [-0.25, -0.2) is 4.98 Å². The quantitative estimate of drug-likeness (QED) is 0.668. The number of fused-ring (bicyclic) bond motifs is 1. The van der Waals surface area contributed by atoms with Gasteiger partial charge in [-0.3, -0.25) is 4.90 Å². The van der Waals surface area contributed by atoms with E-state index < -0.39 is 0 Å². The lowest BCUT2D eigenvalue weighted by Crippen LogP contribution is -2.34. The van der Waals surface area contributed by atoms with E-state index in [0.717, 1.165) is 39.1 Å². The first-order valence-electron chi connectivity index (χ1n) is 11.0. The minimum atomic E-state index is 0.555. The molecular formula is C23H30N6. The molecular weight excluding hydrogens is 360 g/mol. The molecule has 0 aliphatic carbocycles. The summed E-state index contributed by atoms with van der Waals surface area (Å²) in [5.41, 5.74) is 2.61. The van der Waals surface area contributed by atoms with Crippen molar-refractivity contribution in [2.45, 2.75) is 64.1 Å². The molecule has 1 saturated heterocycles. The third kappa shape index (κ3) is 4.13. The molecule has 3 aromatic rings. The Morgan fingerprint density at radius 1 is 0.897 bits per heavy atom. The Morgan fingerprint density at radius 2 is 1.76 bits per heavy atom. The van der Waals surface area contributed by atoms with Crippen molar-refractivity contribution in [2.75, 3.05) is 13.1 Å². The van der Waals surface area contributed by atoms with Gasteiger partial charge in [-0.05, 0) is 44.3 Å². The number of nitrogens with zero attached hydrogens (tertiary/aromatic N) is 6. The van der Waals surface area contributed by atoms with Gasteiger partial charge in [0.2, 0.25) is 0 Å². The van der Waals surface area contributed by atoms with Crippen LogP contribution in [0.2, 0.25) is 0 Å². The number of rotatable bonds is 5. The third-order valence-corrected chi connectivity index (χ3v) is 6.47. The van der Waals surface area contributed by atoms with Gasteiger partial charge in [0.15, 0.2) is 0 Å². The predicted octanol–water partition coefficient (Wildman–Crippen LogP) is 3.63. The second kappa shape index (κ2) is 8.49. The van der Waals surface area contributed by atoms with Crippen molar-refractivity contribution in [3.63, 3.8) is 0 Å². The summed E-state index contributed by atoms with van der Waals surface area (Å²) in [4.78, 5) is 6.98. The van der Waals surface area contributed by atoms with Crippen LogP contribution in [0.4, 0.5) is 0 Å². The zero-order valence-electron chi connectivity index (χ0n) is 17.1. The normalized spacial score (nSPS) is 18.5. The van der Waals surface area contributed by atoms with Crippen LogP contribution in [0.15, 0.2) is 42.9 Å². The minimum absolute atomic E-state index is 0.555. The van der Waals surface area contributed by atoms with Crippen molar-refractivity contribution in [3.05, 3.63) is 65.8 Å². The number of aryl methyl sites for hydroxylation is 1. The molecule has 152 valence electrons. The fourth-order valence-corrected chi connectivity index (χ4v) is 4.79. The molecule has 6 heteroatoms. The molecule has 0 radical (unpaired) electrons. The second-order valence-electron chi connectivity index (χ2n) is 8.49.